The molecule has 4 heteroatoms. The molecule has 0 aliphatic heterocycles. The van der Waals surface area contributed by atoms with Gasteiger partial charge in [-0.2, -0.15) is 0 Å². The quantitative estimate of drug-likeness (QED) is 0.822. The van der Waals surface area contributed by atoms with Gasteiger partial charge in [0, 0.05) is 6.54 Å². The monoisotopic (exact) mass is 264 g/mol. The molecular weight excluding hydrogens is 236 g/mol. The van der Waals surface area contributed by atoms with Gasteiger partial charge in [0.1, 0.15) is 0 Å². The lowest BCUT2D eigenvalue weighted by Gasteiger charge is -2.25. The maximum Gasteiger partial charge on any atom is 0.0759 e. The van der Waals surface area contributed by atoms with Gasteiger partial charge in [-0.25, -0.2) is 4.68 Å². The first-order valence-corrected chi connectivity index (χ1v) is 7.88. The molecule has 0 amide bonds. The molecule has 1 N–H and O–H groups in total. The lowest BCUT2D eigenvalue weighted by molar-refractivity contribution is 0.337. The Morgan fingerprint density at radius 1 is 1.37 bits per heavy atom. The molecule has 19 heavy (non-hydrogen) atoms. The van der Waals surface area contributed by atoms with Gasteiger partial charge in [-0.15, -0.1) is 5.10 Å². The Morgan fingerprint density at radius 2 is 2.21 bits per heavy atom. The van der Waals surface area contributed by atoms with E-state index < -0.39 is 0 Å². The van der Waals surface area contributed by atoms with Crippen LogP contribution < -0.4 is 5.32 Å². The van der Waals surface area contributed by atoms with Crippen molar-refractivity contribution in [2.75, 3.05) is 6.54 Å². The van der Waals surface area contributed by atoms with Crippen LogP contribution in [0, 0.1) is 11.8 Å². The van der Waals surface area contributed by atoms with E-state index >= 15 is 0 Å². The number of hydrogen-bond acceptors (Lipinski definition) is 3. The van der Waals surface area contributed by atoms with Crippen LogP contribution in [0.25, 0.3) is 0 Å². The van der Waals surface area contributed by atoms with Gasteiger partial charge in [-0.3, -0.25) is 0 Å². The van der Waals surface area contributed by atoms with E-state index in [1.165, 1.54) is 31.4 Å². The highest BCUT2D eigenvalue weighted by molar-refractivity contribution is 5.06. The van der Waals surface area contributed by atoms with E-state index in [0.29, 0.717) is 6.04 Å². The maximum atomic E-state index is 4.25. The van der Waals surface area contributed by atoms with E-state index in [1.807, 2.05) is 6.20 Å². The second-order valence-corrected chi connectivity index (χ2v) is 5.99. The summed E-state index contributed by atoms with van der Waals surface area (Å²) in [5, 5.41) is 12.1. The van der Waals surface area contributed by atoms with Crippen molar-refractivity contribution in [1.82, 2.24) is 20.3 Å². The Balaban J connectivity index is 2.13. The summed E-state index contributed by atoms with van der Waals surface area (Å²) in [5.41, 5.74) is 1.29. The van der Waals surface area contributed by atoms with E-state index in [-0.39, 0.29) is 0 Å². The lowest BCUT2D eigenvalue weighted by atomic mass is 9.94. The topological polar surface area (TPSA) is 42.7 Å². The molecule has 4 nitrogen and oxygen atoms in total. The number of nitrogens with zero attached hydrogens (tertiary/aromatic N) is 3. The second kappa shape index (κ2) is 7.04. The van der Waals surface area contributed by atoms with Crippen LogP contribution in [-0.4, -0.2) is 21.5 Å². The fourth-order valence-corrected chi connectivity index (χ4v) is 3.26. The zero-order valence-corrected chi connectivity index (χ0v) is 12.6. The molecule has 1 saturated carbocycles. The molecule has 0 aromatic carbocycles. The molecule has 1 aromatic heterocycles. The zero-order chi connectivity index (χ0) is 13.7. The Morgan fingerprint density at radius 3 is 2.84 bits per heavy atom. The van der Waals surface area contributed by atoms with Gasteiger partial charge >= 0.3 is 0 Å². The molecule has 108 valence electrons. The maximum absolute atomic E-state index is 4.25. The summed E-state index contributed by atoms with van der Waals surface area (Å²) in [7, 11) is 0. The van der Waals surface area contributed by atoms with E-state index in [1.54, 1.807) is 0 Å². The van der Waals surface area contributed by atoms with E-state index in [9.17, 15) is 0 Å². The number of aromatic nitrogens is 3. The Kier molecular flexibility index (Phi) is 5.37. The highest BCUT2D eigenvalue weighted by Gasteiger charge is 2.31. The standard InChI is InChI=1S/C15H28N4/c1-4-8-16-15(13-7-6-12(3)10-13)14-11-17-18-19(14)9-5-2/h11-13,15-16H,4-10H2,1-3H3. The fourth-order valence-electron chi connectivity index (χ4n) is 3.26. The van der Waals surface area contributed by atoms with Crippen molar-refractivity contribution in [2.24, 2.45) is 11.8 Å². The van der Waals surface area contributed by atoms with Crippen LogP contribution in [0.1, 0.15) is 64.6 Å². The number of aryl methyl sites for hydroxylation is 1. The lowest BCUT2D eigenvalue weighted by Crippen LogP contribution is -2.30. The normalized spacial score (nSPS) is 24.8. The van der Waals surface area contributed by atoms with Crippen molar-refractivity contribution in [1.29, 1.82) is 0 Å². The van der Waals surface area contributed by atoms with Crippen LogP contribution in [-0.2, 0) is 6.54 Å². The summed E-state index contributed by atoms with van der Waals surface area (Å²) < 4.78 is 2.09. The van der Waals surface area contributed by atoms with Gasteiger partial charge in [0.2, 0.25) is 0 Å². The summed E-state index contributed by atoms with van der Waals surface area (Å²) >= 11 is 0. The SMILES string of the molecule is CCCNC(c1cnnn1CCC)C1CCC(C)C1. The summed E-state index contributed by atoms with van der Waals surface area (Å²) in [6.45, 7) is 8.84. The summed E-state index contributed by atoms with van der Waals surface area (Å²) in [6, 6.07) is 0.437. The summed E-state index contributed by atoms with van der Waals surface area (Å²) in [5.74, 6) is 1.61. The zero-order valence-electron chi connectivity index (χ0n) is 12.6. The third-order valence-corrected chi connectivity index (χ3v) is 4.22. The van der Waals surface area contributed by atoms with Gasteiger partial charge in [0.15, 0.2) is 0 Å². The third-order valence-electron chi connectivity index (χ3n) is 4.22. The third kappa shape index (κ3) is 3.56. The van der Waals surface area contributed by atoms with Gasteiger partial charge in [-0.1, -0.05) is 32.4 Å². The minimum absolute atomic E-state index is 0.437. The summed E-state index contributed by atoms with van der Waals surface area (Å²) in [4.78, 5) is 0. The van der Waals surface area contributed by atoms with E-state index in [2.05, 4.69) is 41.1 Å². The van der Waals surface area contributed by atoms with Crippen LogP contribution >= 0.6 is 0 Å². The highest BCUT2D eigenvalue weighted by Crippen LogP contribution is 2.38. The summed E-state index contributed by atoms with van der Waals surface area (Å²) in [6.07, 6.45) is 8.28. The van der Waals surface area contributed by atoms with Gasteiger partial charge < -0.3 is 5.32 Å². The Bertz CT molecular complexity index is 374. The fraction of sp³-hybridized carbons (Fsp3) is 0.867. The average Bonchev–Trinajstić information content (AvgIpc) is 3.01. The molecule has 3 atom stereocenters. The predicted octanol–water partition coefficient (Wildman–Crippen LogP) is 3.17. The second-order valence-electron chi connectivity index (χ2n) is 5.99. The number of hydrogen-bond donors (Lipinski definition) is 1. The van der Waals surface area contributed by atoms with E-state index in [0.717, 1.165) is 31.3 Å². The Hall–Kier alpha value is -0.900. The van der Waals surface area contributed by atoms with E-state index in [4.69, 9.17) is 0 Å². The molecular formula is C15H28N4. The molecule has 0 spiro atoms. The largest absolute Gasteiger partial charge is 0.308 e. The predicted molar refractivity (Wildman–Crippen MR) is 77.9 cm³/mol. The van der Waals surface area contributed by atoms with Crippen LogP contribution in [0.4, 0.5) is 0 Å². The molecule has 2 rings (SSSR count). The van der Waals surface area contributed by atoms with Crippen LogP contribution in [0.15, 0.2) is 6.20 Å². The smallest absolute Gasteiger partial charge is 0.0759 e. The molecule has 0 bridgehead atoms. The molecule has 0 saturated heterocycles. The molecule has 0 radical (unpaired) electrons. The first-order chi connectivity index (χ1) is 9.26. The minimum Gasteiger partial charge on any atom is -0.308 e. The van der Waals surface area contributed by atoms with Crippen molar-refractivity contribution >= 4 is 0 Å². The number of rotatable bonds is 7. The Labute approximate surface area is 117 Å². The van der Waals surface area contributed by atoms with Gasteiger partial charge in [-0.05, 0) is 44.1 Å². The van der Waals surface area contributed by atoms with Crippen LogP contribution in [0.2, 0.25) is 0 Å². The average molecular weight is 264 g/mol. The molecule has 1 fully saturated rings. The first kappa shape index (κ1) is 14.5. The molecule has 3 unspecified atom stereocenters. The van der Waals surface area contributed by atoms with Crippen LogP contribution in [0.5, 0.6) is 0 Å². The van der Waals surface area contributed by atoms with Crippen molar-refractivity contribution < 1.29 is 0 Å². The first-order valence-electron chi connectivity index (χ1n) is 7.88. The van der Waals surface area contributed by atoms with Crippen molar-refractivity contribution in [3.8, 4) is 0 Å². The van der Waals surface area contributed by atoms with Crippen molar-refractivity contribution in [2.45, 2.75) is 65.5 Å². The highest BCUT2D eigenvalue weighted by atomic mass is 15.4. The van der Waals surface area contributed by atoms with Crippen LogP contribution in [0.3, 0.4) is 0 Å². The van der Waals surface area contributed by atoms with Gasteiger partial charge in [0.05, 0.1) is 17.9 Å². The van der Waals surface area contributed by atoms with Crippen molar-refractivity contribution in [3.63, 3.8) is 0 Å². The number of nitrogens with one attached hydrogen (secondary N) is 1. The van der Waals surface area contributed by atoms with Crippen molar-refractivity contribution in [3.05, 3.63) is 11.9 Å². The molecule has 1 aliphatic rings. The molecule has 1 aromatic rings. The van der Waals surface area contributed by atoms with Gasteiger partial charge in [0.25, 0.3) is 0 Å². The minimum atomic E-state index is 0.437. The molecule has 1 heterocycles. The molecule has 1 aliphatic carbocycles.